The van der Waals surface area contributed by atoms with Crippen molar-refractivity contribution in [2.75, 3.05) is 40.1 Å². The highest BCUT2D eigenvalue weighted by Gasteiger charge is 2.57. The van der Waals surface area contributed by atoms with E-state index >= 15 is 0 Å². The fraction of sp³-hybridized carbons (Fsp3) is 0.562. The third-order valence-electron chi connectivity index (χ3n) is 9.17. The fourth-order valence-corrected chi connectivity index (χ4v) is 7.28. The molecule has 40 heavy (non-hydrogen) atoms. The second-order valence-corrected chi connectivity index (χ2v) is 11.4. The average Bonchev–Trinajstić information content (AvgIpc) is 3.52. The largest absolute Gasteiger partial charge is 0.510 e. The summed E-state index contributed by atoms with van der Waals surface area (Å²) < 4.78 is 24.3. The Morgan fingerprint density at radius 1 is 0.875 bits per heavy atom. The van der Waals surface area contributed by atoms with Gasteiger partial charge in [-0.1, -0.05) is 60.7 Å². The van der Waals surface area contributed by atoms with Crippen LogP contribution in [-0.4, -0.2) is 74.9 Å². The van der Waals surface area contributed by atoms with Gasteiger partial charge in [-0.05, 0) is 37.6 Å². The van der Waals surface area contributed by atoms with Crippen LogP contribution in [0.15, 0.2) is 60.7 Å². The summed E-state index contributed by atoms with van der Waals surface area (Å²) in [6.07, 6.45) is 7.43. The van der Waals surface area contributed by atoms with Crippen molar-refractivity contribution in [3.63, 3.8) is 0 Å². The molecular formula is C32H43N2O6+. The van der Waals surface area contributed by atoms with Crippen LogP contribution in [0.3, 0.4) is 0 Å². The van der Waals surface area contributed by atoms with Gasteiger partial charge in [0.05, 0.1) is 31.8 Å². The second kappa shape index (κ2) is 13.1. The van der Waals surface area contributed by atoms with Gasteiger partial charge in [-0.3, -0.25) is 0 Å². The monoisotopic (exact) mass is 551 g/mol. The van der Waals surface area contributed by atoms with Crippen molar-refractivity contribution in [1.82, 2.24) is 5.32 Å². The number of hydrogen-bond donors (Lipinski definition) is 1. The topological polar surface area (TPSA) is 83.1 Å². The van der Waals surface area contributed by atoms with Crippen LogP contribution in [0.4, 0.5) is 4.79 Å². The minimum Gasteiger partial charge on any atom is -0.459 e. The van der Waals surface area contributed by atoms with Crippen LogP contribution < -0.4 is 5.32 Å². The van der Waals surface area contributed by atoms with Crippen LogP contribution >= 0.6 is 0 Å². The van der Waals surface area contributed by atoms with Gasteiger partial charge in [0.2, 0.25) is 5.60 Å². The molecule has 1 N–H and O–H groups in total. The Balaban J connectivity index is 1.33. The smallest absolute Gasteiger partial charge is 0.459 e. The summed E-state index contributed by atoms with van der Waals surface area (Å²) in [4.78, 5) is 26.6. The summed E-state index contributed by atoms with van der Waals surface area (Å²) in [5.74, 6) is -0.479. The minimum absolute atomic E-state index is 0.159. The summed E-state index contributed by atoms with van der Waals surface area (Å²) in [5.41, 5.74) is -0.347. The van der Waals surface area contributed by atoms with Crippen molar-refractivity contribution >= 4 is 12.1 Å². The van der Waals surface area contributed by atoms with E-state index in [9.17, 15) is 9.59 Å². The Bertz CT molecular complexity index is 1050. The van der Waals surface area contributed by atoms with Crippen molar-refractivity contribution in [3.05, 3.63) is 71.8 Å². The molecular weight excluding hydrogens is 508 g/mol. The summed E-state index contributed by atoms with van der Waals surface area (Å²) in [6, 6.07) is 19.8. The number of piperidine rings is 1. The van der Waals surface area contributed by atoms with E-state index in [0.717, 1.165) is 32.2 Å². The molecule has 2 bridgehead atoms. The minimum atomic E-state index is -1.59. The molecule has 0 saturated carbocycles. The number of nitrogens with zero attached hydrogens (tertiary/aromatic N) is 1. The third-order valence-corrected chi connectivity index (χ3v) is 9.17. The first-order valence-electron chi connectivity index (χ1n) is 14.8. The number of nitrogens with one attached hydrogen (secondary N) is 1. The van der Waals surface area contributed by atoms with E-state index in [-0.39, 0.29) is 12.7 Å². The maximum Gasteiger partial charge on any atom is 0.510 e. The number of rotatable bonds is 12. The summed E-state index contributed by atoms with van der Waals surface area (Å²) >= 11 is 0. The zero-order valence-corrected chi connectivity index (χ0v) is 23.6. The van der Waals surface area contributed by atoms with E-state index in [1.165, 1.54) is 43.3 Å². The fourth-order valence-electron chi connectivity index (χ4n) is 7.28. The molecule has 2 aromatic rings. The zero-order chi connectivity index (χ0) is 27.8. The van der Waals surface area contributed by atoms with Crippen molar-refractivity contribution in [2.24, 2.45) is 0 Å². The molecule has 0 aromatic heterocycles. The van der Waals surface area contributed by atoms with Crippen LogP contribution in [0, 0.1) is 0 Å². The Morgan fingerprint density at radius 3 is 2.05 bits per heavy atom. The van der Waals surface area contributed by atoms with Crippen LogP contribution in [0.5, 0.6) is 0 Å². The molecule has 3 aliphatic rings. The molecule has 0 radical (unpaired) electrons. The van der Waals surface area contributed by atoms with Crippen molar-refractivity contribution < 1.29 is 33.0 Å². The highest BCUT2D eigenvalue weighted by molar-refractivity contribution is 5.86. The number of ether oxygens (including phenoxy) is 4. The first-order chi connectivity index (χ1) is 19.6. The first-order valence-corrected chi connectivity index (χ1v) is 14.8. The lowest BCUT2D eigenvalue weighted by Gasteiger charge is -2.47. The predicted octanol–water partition coefficient (Wildman–Crippen LogP) is 4.90. The van der Waals surface area contributed by atoms with E-state index in [0.29, 0.717) is 23.2 Å². The normalized spacial score (nSPS) is 23.2. The lowest BCUT2D eigenvalue weighted by Crippen LogP contribution is -2.60. The van der Waals surface area contributed by atoms with Gasteiger partial charge < -0.3 is 28.7 Å². The Morgan fingerprint density at radius 2 is 1.48 bits per heavy atom. The Kier molecular flexibility index (Phi) is 9.40. The molecule has 8 heteroatoms. The maximum absolute atomic E-state index is 14.3. The van der Waals surface area contributed by atoms with Gasteiger partial charge in [-0.15, -0.1) is 0 Å². The Labute approximate surface area is 237 Å². The Hall–Kier alpha value is -2.94. The van der Waals surface area contributed by atoms with Crippen LogP contribution in [0.1, 0.15) is 62.5 Å². The van der Waals surface area contributed by atoms with Gasteiger partial charge in [0.15, 0.2) is 6.79 Å². The maximum atomic E-state index is 14.3. The SMILES string of the molecule is CNCCCCOC(=O)OCOC(C(=O)OC1CC2CCC(C1)[N+]21CCCC1)(c1ccccc1)c1ccccc1. The molecule has 0 amide bonds. The first kappa shape index (κ1) is 28.6. The van der Waals surface area contributed by atoms with Crippen molar-refractivity contribution in [1.29, 1.82) is 0 Å². The lowest BCUT2D eigenvalue weighted by atomic mass is 9.85. The number of esters is 1. The van der Waals surface area contributed by atoms with E-state index in [1.54, 1.807) is 0 Å². The van der Waals surface area contributed by atoms with Gasteiger partial charge in [0.1, 0.15) is 6.10 Å². The zero-order valence-electron chi connectivity index (χ0n) is 23.6. The molecule has 1 spiro atoms. The van der Waals surface area contributed by atoms with E-state index in [4.69, 9.17) is 18.9 Å². The number of carbonyl (C=O) groups is 2. The summed E-state index contributed by atoms with van der Waals surface area (Å²) in [7, 11) is 1.88. The number of quaternary nitrogens is 1. The lowest BCUT2D eigenvalue weighted by molar-refractivity contribution is -0.956. The van der Waals surface area contributed by atoms with Crippen LogP contribution in [0.2, 0.25) is 0 Å². The van der Waals surface area contributed by atoms with E-state index < -0.39 is 24.5 Å². The third kappa shape index (κ3) is 5.90. The van der Waals surface area contributed by atoms with E-state index in [2.05, 4.69) is 5.32 Å². The molecule has 3 saturated heterocycles. The van der Waals surface area contributed by atoms with Gasteiger partial charge in [0, 0.05) is 38.5 Å². The highest BCUT2D eigenvalue weighted by Crippen LogP contribution is 2.47. The number of hydrogen-bond acceptors (Lipinski definition) is 7. The summed E-state index contributed by atoms with van der Waals surface area (Å²) in [6.45, 7) is 3.18. The molecule has 8 nitrogen and oxygen atoms in total. The van der Waals surface area contributed by atoms with Crippen molar-refractivity contribution in [2.45, 2.75) is 75.2 Å². The van der Waals surface area contributed by atoms with Crippen molar-refractivity contribution in [3.8, 4) is 0 Å². The quantitative estimate of drug-likeness (QED) is 0.174. The van der Waals surface area contributed by atoms with Gasteiger partial charge >= 0.3 is 12.1 Å². The molecule has 3 fully saturated rings. The average molecular weight is 552 g/mol. The molecule has 3 heterocycles. The molecule has 2 aromatic carbocycles. The molecule has 216 valence electrons. The summed E-state index contributed by atoms with van der Waals surface area (Å²) in [5, 5.41) is 3.06. The second-order valence-electron chi connectivity index (χ2n) is 11.4. The number of carbonyl (C=O) groups excluding carboxylic acids is 2. The standard InChI is InChI=1S/C32H43N2O6/c1-33-18-8-11-21-37-31(36)38-24-39-32(25-12-4-2-5-13-25,26-14-6-3-7-15-26)30(35)40-29-22-27-16-17-28(23-29)34(27)19-9-10-20-34/h2-7,12-15,27-29,33H,8-11,16-24H2,1H3/q+1. The highest BCUT2D eigenvalue weighted by atomic mass is 16.8. The van der Waals surface area contributed by atoms with Crippen LogP contribution in [0.25, 0.3) is 0 Å². The van der Waals surface area contributed by atoms with E-state index in [1.807, 2.05) is 67.7 Å². The number of benzene rings is 2. The molecule has 2 unspecified atom stereocenters. The van der Waals surface area contributed by atoms with Crippen LogP contribution in [-0.2, 0) is 29.3 Å². The van der Waals surface area contributed by atoms with Gasteiger partial charge in [-0.25, -0.2) is 9.59 Å². The number of unbranched alkanes of at least 4 members (excludes halogenated alkanes) is 1. The van der Waals surface area contributed by atoms with Gasteiger partial charge in [-0.2, -0.15) is 0 Å². The molecule has 0 aliphatic carbocycles. The van der Waals surface area contributed by atoms with Gasteiger partial charge in [0.25, 0.3) is 0 Å². The molecule has 5 rings (SSSR count). The molecule has 2 atom stereocenters. The molecule has 3 aliphatic heterocycles. The predicted molar refractivity (Wildman–Crippen MR) is 150 cm³/mol.